The number of carbonyl (C=O) groups is 1. The van der Waals surface area contributed by atoms with Gasteiger partial charge in [-0.2, -0.15) is 5.10 Å². The zero-order chi connectivity index (χ0) is 19.8. The van der Waals surface area contributed by atoms with Crippen LogP contribution in [0.4, 0.5) is 5.69 Å². The van der Waals surface area contributed by atoms with Crippen LogP contribution in [0.2, 0.25) is 0 Å². The molecule has 0 spiro atoms. The van der Waals surface area contributed by atoms with Crippen LogP contribution in [-0.2, 0) is 24.2 Å². The Bertz CT molecular complexity index is 1050. The van der Waals surface area contributed by atoms with Crippen molar-refractivity contribution in [3.05, 3.63) is 70.5 Å². The number of hydrogen-bond donors (Lipinski definition) is 1. The van der Waals surface area contributed by atoms with Crippen molar-refractivity contribution >= 4 is 11.6 Å². The molecule has 144 valence electrons. The molecule has 1 N–H and O–H groups in total. The number of rotatable bonds is 5. The molecule has 0 radical (unpaired) electrons. The fourth-order valence-electron chi connectivity index (χ4n) is 4.10. The van der Waals surface area contributed by atoms with Gasteiger partial charge in [0.25, 0.3) is 0 Å². The van der Waals surface area contributed by atoms with E-state index in [-0.39, 0.29) is 5.91 Å². The number of amides is 1. The topological polar surface area (TPSA) is 46.9 Å². The quantitative estimate of drug-likeness (QED) is 0.540. The van der Waals surface area contributed by atoms with Crippen LogP contribution in [0.3, 0.4) is 0 Å². The molecule has 4 heteroatoms. The van der Waals surface area contributed by atoms with Crippen LogP contribution in [0.15, 0.2) is 42.5 Å². The molecular formula is C24H27N3O. The zero-order valence-electron chi connectivity index (χ0n) is 17.0. The lowest BCUT2D eigenvalue weighted by atomic mass is 10.1. The summed E-state index contributed by atoms with van der Waals surface area (Å²) in [5.74, 6) is 0.529. The van der Waals surface area contributed by atoms with Crippen LogP contribution < -0.4 is 5.32 Å². The number of benzene rings is 2. The number of fused-ring (bicyclic) bond motifs is 3. The Morgan fingerprint density at radius 1 is 1.11 bits per heavy atom. The lowest BCUT2D eigenvalue weighted by Crippen LogP contribution is -2.15. The molecule has 1 amide bonds. The molecule has 28 heavy (non-hydrogen) atoms. The van der Waals surface area contributed by atoms with Gasteiger partial charge in [0.15, 0.2) is 0 Å². The maximum Gasteiger partial charge on any atom is 0.228 e. The second-order valence-electron chi connectivity index (χ2n) is 8.16. The molecular weight excluding hydrogens is 346 g/mol. The van der Waals surface area contributed by atoms with Gasteiger partial charge in [-0.25, -0.2) is 0 Å². The molecule has 0 saturated heterocycles. The first-order valence-corrected chi connectivity index (χ1v) is 9.96. The van der Waals surface area contributed by atoms with E-state index in [1.54, 1.807) is 0 Å². The van der Waals surface area contributed by atoms with Gasteiger partial charge in [-0.3, -0.25) is 9.48 Å². The van der Waals surface area contributed by atoms with Gasteiger partial charge < -0.3 is 5.32 Å². The third kappa shape index (κ3) is 3.47. The van der Waals surface area contributed by atoms with Gasteiger partial charge in [-0.05, 0) is 60.6 Å². The first kappa shape index (κ1) is 18.5. The molecule has 0 aliphatic heterocycles. The van der Waals surface area contributed by atoms with Crippen molar-refractivity contribution < 1.29 is 4.79 Å². The van der Waals surface area contributed by atoms with Crippen LogP contribution in [0, 0.1) is 19.8 Å². The number of aromatic nitrogens is 2. The van der Waals surface area contributed by atoms with E-state index in [4.69, 9.17) is 0 Å². The number of nitrogens with one attached hydrogen (secondary N) is 1. The lowest BCUT2D eigenvalue weighted by Gasteiger charge is -2.09. The first-order chi connectivity index (χ1) is 13.4. The van der Waals surface area contributed by atoms with Gasteiger partial charge in [0.05, 0.1) is 12.1 Å². The summed E-state index contributed by atoms with van der Waals surface area (Å²) in [6.07, 6.45) is 1.28. The highest BCUT2D eigenvalue weighted by Gasteiger charge is 2.19. The fraction of sp³-hybridized carbons (Fsp3) is 0.333. The van der Waals surface area contributed by atoms with Crippen molar-refractivity contribution in [1.82, 2.24) is 9.78 Å². The van der Waals surface area contributed by atoms with E-state index >= 15 is 0 Å². The summed E-state index contributed by atoms with van der Waals surface area (Å²) in [4.78, 5) is 12.7. The van der Waals surface area contributed by atoms with E-state index in [2.05, 4.69) is 67.6 Å². The van der Waals surface area contributed by atoms with Gasteiger partial charge in [-0.15, -0.1) is 0 Å². The molecule has 1 heterocycles. The van der Waals surface area contributed by atoms with Crippen LogP contribution in [0.5, 0.6) is 0 Å². The molecule has 1 aromatic heterocycles. The number of carbonyl (C=O) groups excluding carboxylic acids is 1. The predicted octanol–water partition coefficient (Wildman–Crippen LogP) is 4.91. The SMILES string of the molecule is Cc1nn(CC(C)C)c(C)c1CC(=O)Nc1ccc2c(c1)Cc1ccccc1-2. The Balaban J connectivity index is 1.48. The Morgan fingerprint density at radius 3 is 2.64 bits per heavy atom. The summed E-state index contributed by atoms with van der Waals surface area (Å²) < 4.78 is 2.02. The summed E-state index contributed by atoms with van der Waals surface area (Å²) in [6, 6.07) is 14.7. The fourth-order valence-corrected chi connectivity index (χ4v) is 4.10. The molecule has 0 fully saturated rings. The van der Waals surface area contributed by atoms with Crippen LogP contribution >= 0.6 is 0 Å². The van der Waals surface area contributed by atoms with E-state index in [1.165, 1.54) is 22.3 Å². The molecule has 0 bridgehead atoms. The van der Waals surface area contributed by atoms with E-state index in [1.807, 2.05) is 17.7 Å². The maximum atomic E-state index is 12.7. The smallest absolute Gasteiger partial charge is 0.228 e. The van der Waals surface area contributed by atoms with E-state index in [9.17, 15) is 4.79 Å². The van der Waals surface area contributed by atoms with E-state index in [0.29, 0.717) is 12.3 Å². The number of aryl methyl sites for hydroxylation is 1. The second-order valence-corrected chi connectivity index (χ2v) is 8.16. The Labute approximate surface area is 166 Å². The van der Waals surface area contributed by atoms with Gasteiger partial charge in [0.1, 0.15) is 0 Å². The largest absolute Gasteiger partial charge is 0.326 e. The van der Waals surface area contributed by atoms with Crippen molar-refractivity contribution in [2.45, 2.75) is 47.1 Å². The van der Waals surface area contributed by atoms with Crippen molar-refractivity contribution in [2.75, 3.05) is 5.32 Å². The normalized spacial score (nSPS) is 12.2. The van der Waals surface area contributed by atoms with E-state index < -0.39 is 0 Å². The predicted molar refractivity (Wildman–Crippen MR) is 114 cm³/mol. The molecule has 1 aliphatic carbocycles. The van der Waals surface area contributed by atoms with Crippen molar-refractivity contribution in [3.63, 3.8) is 0 Å². The minimum absolute atomic E-state index is 0.00533. The Kier molecular flexibility index (Phi) is 4.80. The average Bonchev–Trinajstić information content (AvgIpc) is 3.13. The lowest BCUT2D eigenvalue weighted by molar-refractivity contribution is -0.115. The molecule has 0 saturated carbocycles. The van der Waals surface area contributed by atoms with Crippen molar-refractivity contribution in [3.8, 4) is 11.1 Å². The molecule has 4 nitrogen and oxygen atoms in total. The number of hydrogen-bond acceptors (Lipinski definition) is 2. The van der Waals surface area contributed by atoms with Gasteiger partial charge >= 0.3 is 0 Å². The molecule has 2 aromatic carbocycles. The molecule has 0 atom stereocenters. The summed E-state index contributed by atoms with van der Waals surface area (Å²) >= 11 is 0. The molecule has 1 aliphatic rings. The van der Waals surface area contributed by atoms with Gasteiger partial charge in [0, 0.05) is 23.5 Å². The summed E-state index contributed by atoms with van der Waals surface area (Å²) in [5, 5.41) is 7.69. The second kappa shape index (κ2) is 7.27. The number of nitrogens with zero attached hydrogens (tertiary/aromatic N) is 2. The molecule has 0 unspecified atom stereocenters. The zero-order valence-corrected chi connectivity index (χ0v) is 17.0. The average molecular weight is 374 g/mol. The van der Waals surface area contributed by atoms with E-state index in [0.717, 1.165) is 35.6 Å². The number of anilines is 1. The maximum absolute atomic E-state index is 12.7. The summed E-state index contributed by atoms with van der Waals surface area (Å²) in [7, 11) is 0. The highest BCUT2D eigenvalue weighted by Crippen LogP contribution is 2.37. The summed E-state index contributed by atoms with van der Waals surface area (Å²) in [5.41, 5.74) is 9.13. The van der Waals surface area contributed by atoms with Gasteiger partial charge in [-0.1, -0.05) is 44.2 Å². The first-order valence-electron chi connectivity index (χ1n) is 9.96. The standard InChI is InChI=1S/C24H27N3O/c1-15(2)14-27-17(4)23(16(3)26-27)13-24(28)25-20-9-10-22-19(12-20)11-18-7-5-6-8-21(18)22/h5-10,12,15H,11,13-14H2,1-4H3,(H,25,28). The van der Waals surface area contributed by atoms with Crippen LogP contribution in [-0.4, -0.2) is 15.7 Å². The minimum atomic E-state index is 0.00533. The monoisotopic (exact) mass is 373 g/mol. The molecule has 4 rings (SSSR count). The minimum Gasteiger partial charge on any atom is -0.326 e. The summed E-state index contributed by atoms with van der Waals surface area (Å²) in [6.45, 7) is 9.26. The van der Waals surface area contributed by atoms with Crippen molar-refractivity contribution in [2.24, 2.45) is 5.92 Å². The Morgan fingerprint density at radius 2 is 1.86 bits per heavy atom. The third-order valence-electron chi connectivity index (χ3n) is 5.48. The Hall–Kier alpha value is -2.88. The van der Waals surface area contributed by atoms with Gasteiger partial charge in [0.2, 0.25) is 5.91 Å². The van der Waals surface area contributed by atoms with Crippen molar-refractivity contribution in [1.29, 1.82) is 0 Å². The third-order valence-corrected chi connectivity index (χ3v) is 5.48. The molecule has 3 aromatic rings. The van der Waals surface area contributed by atoms with Crippen LogP contribution in [0.25, 0.3) is 11.1 Å². The highest BCUT2D eigenvalue weighted by atomic mass is 16.1. The van der Waals surface area contributed by atoms with Crippen LogP contribution in [0.1, 0.15) is 41.9 Å². The highest BCUT2D eigenvalue weighted by molar-refractivity contribution is 5.93.